The van der Waals surface area contributed by atoms with Crippen LogP contribution in [0.4, 0.5) is 4.39 Å². The zero-order chi connectivity index (χ0) is 12.5. The summed E-state index contributed by atoms with van der Waals surface area (Å²) in [6, 6.07) is 6.61. The van der Waals surface area contributed by atoms with Crippen LogP contribution in [0.1, 0.15) is 12.0 Å². The highest BCUT2D eigenvalue weighted by molar-refractivity contribution is 7.91. The molecule has 1 fully saturated rings. The first kappa shape index (κ1) is 12.5. The highest BCUT2D eigenvalue weighted by Gasteiger charge is 2.30. The lowest BCUT2D eigenvalue weighted by atomic mass is 10.1. The van der Waals surface area contributed by atoms with Gasteiger partial charge in [0.15, 0.2) is 9.84 Å². The standard InChI is InChI=1S/C12H16FNO2S/c1-14(11-6-7-17(15,16)9-11)8-10-4-2-3-5-12(10)13/h2-5,11H,6-9H2,1H3/t11-/m0/s1. The van der Waals surface area contributed by atoms with Crippen LogP contribution in [0.25, 0.3) is 0 Å². The molecule has 0 spiro atoms. The third kappa shape index (κ3) is 3.04. The second-order valence-corrected chi connectivity index (χ2v) is 6.79. The number of nitrogens with zero attached hydrogens (tertiary/aromatic N) is 1. The van der Waals surface area contributed by atoms with Gasteiger partial charge >= 0.3 is 0 Å². The Morgan fingerprint density at radius 2 is 2.12 bits per heavy atom. The minimum atomic E-state index is -2.88. The highest BCUT2D eigenvalue weighted by Crippen LogP contribution is 2.19. The molecule has 3 nitrogen and oxygen atoms in total. The van der Waals surface area contributed by atoms with Gasteiger partial charge in [0.25, 0.3) is 0 Å². The molecule has 1 aromatic rings. The van der Waals surface area contributed by atoms with Gasteiger partial charge in [-0.1, -0.05) is 18.2 Å². The third-order valence-electron chi connectivity index (χ3n) is 3.21. The molecular formula is C12H16FNO2S. The van der Waals surface area contributed by atoms with E-state index in [1.165, 1.54) is 6.07 Å². The van der Waals surface area contributed by atoms with Gasteiger partial charge in [0.05, 0.1) is 11.5 Å². The molecule has 17 heavy (non-hydrogen) atoms. The number of halogens is 1. The molecular weight excluding hydrogens is 241 g/mol. The van der Waals surface area contributed by atoms with Crippen LogP contribution in [0.15, 0.2) is 24.3 Å². The Labute approximate surface area is 101 Å². The maximum atomic E-state index is 13.4. The lowest BCUT2D eigenvalue weighted by Gasteiger charge is -2.23. The van der Waals surface area contributed by atoms with Gasteiger partial charge in [-0.05, 0) is 19.5 Å². The van der Waals surface area contributed by atoms with E-state index in [0.29, 0.717) is 18.5 Å². The van der Waals surface area contributed by atoms with Gasteiger partial charge in [0.2, 0.25) is 0 Å². The van der Waals surface area contributed by atoms with Crippen LogP contribution in [-0.2, 0) is 16.4 Å². The lowest BCUT2D eigenvalue weighted by molar-refractivity contribution is 0.250. The van der Waals surface area contributed by atoms with E-state index in [9.17, 15) is 12.8 Å². The third-order valence-corrected chi connectivity index (χ3v) is 4.96. The Hall–Kier alpha value is -0.940. The normalized spacial score (nSPS) is 23.1. The predicted octanol–water partition coefficient (Wildman–Crippen LogP) is 1.44. The van der Waals surface area contributed by atoms with Crippen molar-refractivity contribution in [3.05, 3.63) is 35.6 Å². The topological polar surface area (TPSA) is 37.4 Å². The minimum absolute atomic E-state index is 0.0135. The van der Waals surface area contributed by atoms with Crippen LogP contribution in [0.3, 0.4) is 0 Å². The van der Waals surface area contributed by atoms with Crippen molar-refractivity contribution in [2.45, 2.75) is 19.0 Å². The SMILES string of the molecule is CN(Cc1ccccc1F)[C@H]1CCS(=O)(=O)C1. The zero-order valence-corrected chi connectivity index (χ0v) is 10.6. The van der Waals surface area contributed by atoms with E-state index in [-0.39, 0.29) is 23.4 Å². The molecule has 1 aromatic carbocycles. The lowest BCUT2D eigenvalue weighted by Crippen LogP contribution is -2.32. The summed E-state index contributed by atoms with van der Waals surface area (Å²) in [5.74, 6) is 0.206. The largest absolute Gasteiger partial charge is 0.298 e. The summed E-state index contributed by atoms with van der Waals surface area (Å²) < 4.78 is 36.2. The minimum Gasteiger partial charge on any atom is -0.298 e. The van der Waals surface area contributed by atoms with Crippen LogP contribution < -0.4 is 0 Å². The fourth-order valence-electron chi connectivity index (χ4n) is 2.15. The second-order valence-electron chi connectivity index (χ2n) is 4.56. The van der Waals surface area contributed by atoms with Gasteiger partial charge in [-0.3, -0.25) is 4.90 Å². The molecule has 0 saturated carbocycles. The molecule has 0 amide bonds. The molecule has 0 radical (unpaired) electrons. The molecule has 5 heteroatoms. The quantitative estimate of drug-likeness (QED) is 0.822. The number of rotatable bonds is 3. The van der Waals surface area contributed by atoms with Crippen molar-refractivity contribution in [3.63, 3.8) is 0 Å². The number of hydrogen-bond acceptors (Lipinski definition) is 3. The Kier molecular flexibility index (Phi) is 3.49. The summed E-state index contributed by atoms with van der Waals surface area (Å²) in [4.78, 5) is 1.92. The average molecular weight is 257 g/mol. The maximum absolute atomic E-state index is 13.4. The van der Waals surface area contributed by atoms with Crippen molar-refractivity contribution in [1.82, 2.24) is 4.90 Å². The number of benzene rings is 1. The Balaban J connectivity index is 2.03. The van der Waals surface area contributed by atoms with Crippen molar-refractivity contribution in [1.29, 1.82) is 0 Å². The number of hydrogen-bond donors (Lipinski definition) is 0. The highest BCUT2D eigenvalue weighted by atomic mass is 32.2. The van der Waals surface area contributed by atoms with E-state index >= 15 is 0 Å². The molecule has 1 saturated heterocycles. The molecule has 0 N–H and O–H groups in total. The van der Waals surface area contributed by atoms with E-state index in [0.717, 1.165) is 0 Å². The van der Waals surface area contributed by atoms with Crippen LogP contribution in [0.5, 0.6) is 0 Å². The maximum Gasteiger partial charge on any atom is 0.151 e. The summed E-state index contributed by atoms with van der Waals surface area (Å²) in [5.41, 5.74) is 0.610. The van der Waals surface area contributed by atoms with Crippen molar-refractivity contribution in [2.24, 2.45) is 0 Å². The van der Waals surface area contributed by atoms with Gasteiger partial charge < -0.3 is 0 Å². The van der Waals surface area contributed by atoms with Gasteiger partial charge in [0, 0.05) is 18.2 Å². The summed E-state index contributed by atoms with van der Waals surface area (Å²) >= 11 is 0. The zero-order valence-electron chi connectivity index (χ0n) is 9.77. The Morgan fingerprint density at radius 3 is 2.71 bits per heavy atom. The molecule has 1 aliphatic heterocycles. The molecule has 0 bridgehead atoms. The summed E-state index contributed by atoms with van der Waals surface area (Å²) in [6.45, 7) is 0.451. The summed E-state index contributed by atoms with van der Waals surface area (Å²) in [7, 11) is -1.03. The Bertz CT molecular complexity index is 501. The van der Waals surface area contributed by atoms with E-state index in [1.54, 1.807) is 18.2 Å². The Morgan fingerprint density at radius 1 is 1.41 bits per heavy atom. The fourth-order valence-corrected chi connectivity index (χ4v) is 3.95. The molecule has 1 atom stereocenters. The van der Waals surface area contributed by atoms with Crippen molar-refractivity contribution < 1.29 is 12.8 Å². The fraction of sp³-hybridized carbons (Fsp3) is 0.500. The van der Waals surface area contributed by atoms with E-state index in [1.807, 2.05) is 11.9 Å². The van der Waals surface area contributed by atoms with Crippen molar-refractivity contribution >= 4 is 9.84 Å². The number of sulfone groups is 1. The van der Waals surface area contributed by atoms with Gasteiger partial charge in [0.1, 0.15) is 5.82 Å². The summed E-state index contributed by atoms with van der Waals surface area (Å²) in [5, 5.41) is 0. The first-order chi connectivity index (χ1) is 7.98. The monoisotopic (exact) mass is 257 g/mol. The smallest absolute Gasteiger partial charge is 0.151 e. The molecule has 94 valence electrons. The van der Waals surface area contributed by atoms with Crippen LogP contribution in [0.2, 0.25) is 0 Å². The summed E-state index contributed by atoms with van der Waals surface area (Å²) in [6.07, 6.45) is 0.646. The van der Waals surface area contributed by atoms with Gasteiger partial charge in [-0.25, -0.2) is 12.8 Å². The molecule has 1 aliphatic rings. The van der Waals surface area contributed by atoms with Gasteiger partial charge in [-0.15, -0.1) is 0 Å². The van der Waals surface area contributed by atoms with Gasteiger partial charge in [-0.2, -0.15) is 0 Å². The molecule has 2 rings (SSSR count). The molecule has 1 heterocycles. The second kappa shape index (κ2) is 4.74. The van der Waals surface area contributed by atoms with E-state index in [2.05, 4.69) is 0 Å². The molecule has 0 unspecified atom stereocenters. The average Bonchev–Trinajstić information content (AvgIpc) is 2.62. The first-order valence-corrected chi connectivity index (χ1v) is 7.44. The van der Waals surface area contributed by atoms with Crippen molar-refractivity contribution in [3.8, 4) is 0 Å². The predicted molar refractivity (Wildman–Crippen MR) is 64.9 cm³/mol. The van der Waals surface area contributed by atoms with Crippen LogP contribution in [0, 0.1) is 5.82 Å². The molecule has 0 aliphatic carbocycles. The van der Waals surface area contributed by atoms with Crippen molar-refractivity contribution in [2.75, 3.05) is 18.6 Å². The van der Waals surface area contributed by atoms with E-state index < -0.39 is 9.84 Å². The van der Waals surface area contributed by atoms with E-state index in [4.69, 9.17) is 0 Å². The van der Waals surface area contributed by atoms with Crippen LogP contribution >= 0.6 is 0 Å². The first-order valence-electron chi connectivity index (χ1n) is 5.62. The van der Waals surface area contributed by atoms with Crippen LogP contribution in [-0.4, -0.2) is 37.9 Å². The molecule has 0 aromatic heterocycles.